The average molecular weight is 339 g/mol. The minimum absolute atomic E-state index is 0.0179. The molecule has 2 bridgehead atoms. The lowest BCUT2D eigenvalue weighted by Gasteiger charge is -2.56. The zero-order chi connectivity index (χ0) is 17.0. The molecule has 0 aromatic heterocycles. The largest absolute Gasteiger partial charge is 0.362 e. The lowest BCUT2D eigenvalue weighted by molar-refractivity contribution is -0.142. The molecule has 0 radical (unpaired) electrons. The van der Waals surface area contributed by atoms with Crippen LogP contribution in [0.25, 0.3) is 0 Å². The van der Waals surface area contributed by atoms with E-state index in [4.69, 9.17) is 0 Å². The van der Waals surface area contributed by atoms with Crippen LogP contribution in [-0.2, 0) is 4.79 Å². The van der Waals surface area contributed by atoms with Gasteiger partial charge in [0.05, 0.1) is 5.56 Å². The van der Waals surface area contributed by atoms with Gasteiger partial charge < -0.3 is 15.5 Å². The lowest BCUT2D eigenvalue weighted by Crippen LogP contribution is -2.68. The highest BCUT2D eigenvalue weighted by atomic mass is 16.2. The number of hydrogen-bond donors (Lipinski definition) is 2. The van der Waals surface area contributed by atoms with E-state index in [0.29, 0.717) is 17.7 Å². The first-order valence-corrected chi connectivity index (χ1v) is 9.65. The van der Waals surface area contributed by atoms with Crippen LogP contribution in [-0.4, -0.2) is 35.5 Å². The third-order valence-corrected chi connectivity index (χ3v) is 6.88. The van der Waals surface area contributed by atoms with E-state index in [1.807, 2.05) is 24.3 Å². The van der Waals surface area contributed by atoms with Crippen molar-refractivity contribution in [3.63, 3.8) is 0 Å². The van der Waals surface area contributed by atoms with Gasteiger partial charge in [0.1, 0.15) is 5.66 Å². The molecular weight excluding hydrogens is 314 g/mol. The summed E-state index contributed by atoms with van der Waals surface area (Å²) in [6.07, 6.45) is 6.24. The fourth-order valence-electron chi connectivity index (χ4n) is 5.62. The lowest BCUT2D eigenvalue weighted by atomic mass is 9.58. The summed E-state index contributed by atoms with van der Waals surface area (Å²) >= 11 is 0. The first kappa shape index (κ1) is 15.2. The van der Waals surface area contributed by atoms with Crippen molar-refractivity contribution in [2.75, 3.05) is 18.4 Å². The summed E-state index contributed by atoms with van der Waals surface area (Å²) in [4.78, 5) is 27.6. The number of nitrogens with one attached hydrogen (secondary N) is 2. The molecule has 3 saturated carbocycles. The van der Waals surface area contributed by atoms with Crippen molar-refractivity contribution in [3.8, 4) is 0 Å². The number of rotatable bonds is 1. The molecular formula is C20H25N3O2. The Kier molecular flexibility index (Phi) is 3.34. The highest BCUT2D eigenvalue weighted by Gasteiger charge is 2.55. The first-order chi connectivity index (χ1) is 12.2. The molecule has 132 valence electrons. The standard InChI is InChI=1S/C20H25N3O2/c24-18-15-5-1-2-6-17(15)21-20(22-18)12-13-7-8-14(20)11-16(13)19(25)23-9-3-4-10-23/h1-2,5-6,13-14,16,21H,3-4,7-12H2,(H,22,24)/t13?,14?,16?,20-/m1/s1. The Bertz CT molecular complexity index is 727. The molecule has 1 aromatic carbocycles. The molecule has 2 amide bonds. The summed E-state index contributed by atoms with van der Waals surface area (Å²) < 4.78 is 0. The summed E-state index contributed by atoms with van der Waals surface area (Å²) in [7, 11) is 0. The second kappa shape index (κ2) is 5.48. The zero-order valence-electron chi connectivity index (χ0n) is 14.5. The summed E-state index contributed by atoms with van der Waals surface area (Å²) in [6.45, 7) is 1.86. The van der Waals surface area contributed by atoms with Crippen molar-refractivity contribution in [1.29, 1.82) is 0 Å². The smallest absolute Gasteiger partial charge is 0.255 e. The Labute approximate surface area is 148 Å². The molecule has 1 saturated heterocycles. The number of amides is 2. The van der Waals surface area contributed by atoms with Crippen molar-refractivity contribution in [2.24, 2.45) is 17.8 Å². The van der Waals surface area contributed by atoms with Gasteiger partial charge in [-0.1, -0.05) is 12.1 Å². The van der Waals surface area contributed by atoms with Crippen molar-refractivity contribution in [3.05, 3.63) is 29.8 Å². The maximum atomic E-state index is 12.9. The Morgan fingerprint density at radius 1 is 1.12 bits per heavy atom. The van der Waals surface area contributed by atoms with Crippen LogP contribution >= 0.6 is 0 Å². The Balaban J connectivity index is 1.40. The van der Waals surface area contributed by atoms with Crippen molar-refractivity contribution in [1.82, 2.24) is 10.2 Å². The van der Waals surface area contributed by atoms with Gasteiger partial charge in [0.25, 0.3) is 5.91 Å². The van der Waals surface area contributed by atoms with Crippen molar-refractivity contribution >= 4 is 17.5 Å². The average Bonchev–Trinajstić information content (AvgIpc) is 3.16. The third kappa shape index (κ3) is 2.28. The summed E-state index contributed by atoms with van der Waals surface area (Å²) in [5, 5.41) is 6.92. The van der Waals surface area contributed by atoms with E-state index < -0.39 is 0 Å². The van der Waals surface area contributed by atoms with Gasteiger partial charge in [0, 0.05) is 30.6 Å². The number of benzene rings is 1. The molecule has 1 spiro atoms. The monoisotopic (exact) mass is 339 g/mol. The van der Waals surface area contributed by atoms with Crippen LogP contribution in [0.2, 0.25) is 0 Å². The minimum atomic E-state index is -0.365. The number of carbonyl (C=O) groups is 2. The fourth-order valence-corrected chi connectivity index (χ4v) is 5.62. The van der Waals surface area contributed by atoms with Gasteiger partial charge in [0.15, 0.2) is 0 Å². The van der Waals surface area contributed by atoms with Gasteiger partial charge in [-0.15, -0.1) is 0 Å². The Morgan fingerprint density at radius 3 is 2.68 bits per heavy atom. The topological polar surface area (TPSA) is 61.4 Å². The molecule has 1 aromatic rings. The molecule has 4 fully saturated rings. The second-order valence-corrected chi connectivity index (χ2v) is 8.21. The van der Waals surface area contributed by atoms with E-state index >= 15 is 0 Å². The normalized spacial score (nSPS) is 36.1. The summed E-state index contributed by atoms with van der Waals surface area (Å²) in [6, 6.07) is 7.73. The van der Waals surface area contributed by atoms with Crippen LogP contribution < -0.4 is 10.6 Å². The minimum Gasteiger partial charge on any atom is -0.362 e. The zero-order valence-corrected chi connectivity index (χ0v) is 14.5. The van der Waals surface area contributed by atoms with Gasteiger partial charge in [-0.3, -0.25) is 9.59 Å². The molecule has 6 rings (SSSR count). The van der Waals surface area contributed by atoms with Crippen molar-refractivity contribution in [2.45, 2.75) is 44.2 Å². The number of likely N-dealkylation sites (tertiary alicyclic amines) is 1. The SMILES string of the molecule is O=C1N[C@@]2(CC3CCC2CC3C(=O)N2CCCC2)Nc2ccccc21. The summed E-state index contributed by atoms with van der Waals surface area (Å²) in [5.41, 5.74) is 1.29. The van der Waals surface area contributed by atoms with Gasteiger partial charge >= 0.3 is 0 Å². The van der Waals surface area contributed by atoms with Crippen LogP contribution in [0, 0.1) is 17.8 Å². The maximum absolute atomic E-state index is 12.9. The quantitative estimate of drug-likeness (QED) is 0.827. The molecule has 2 heterocycles. The summed E-state index contributed by atoms with van der Waals surface area (Å²) in [5.74, 6) is 1.23. The highest BCUT2D eigenvalue weighted by molar-refractivity contribution is 6.02. The number of fused-ring (bicyclic) bond motifs is 3. The predicted molar refractivity (Wildman–Crippen MR) is 95.0 cm³/mol. The number of para-hydroxylation sites is 1. The molecule has 5 heteroatoms. The Morgan fingerprint density at radius 2 is 1.92 bits per heavy atom. The Hall–Kier alpha value is -2.04. The van der Waals surface area contributed by atoms with Crippen molar-refractivity contribution < 1.29 is 9.59 Å². The second-order valence-electron chi connectivity index (χ2n) is 8.21. The van der Waals surface area contributed by atoms with Gasteiger partial charge in [0.2, 0.25) is 5.91 Å². The van der Waals surface area contributed by atoms with Crippen LogP contribution in [0.4, 0.5) is 5.69 Å². The molecule has 3 aliphatic carbocycles. The fraction of sp³-hybridized carbons (Fsp3) is 0.600. The van der Waals surface area contributed by atoms with E-state index in [1.165, 1.54) is 0 Å². The van der Waals surface area contributed by atoms with E-state index in [9.17, 15) is 9.59 Å². The number of carbonyl (C=O) groups excluding carboxylic acids is 2. The molecule has 2 aliphatic heterocycles. The molecule has 25 heavy (non-hydrogen) atoms. The van der Waals surface area contributed by atoms with E-state index in [2.05, 4.69) is 15.5 Å². The van der Waals surface area contributed by atoms with Crippen LogP contribution in [0.5, 0.6) is 0 Å². The molecule has 2 N–H and O–H groups in total. The number of anilines is 1. The van der Waals surface area contributed by atoms with Gasteiger partial charge in [-0.2, -0.15) is 0 Å². The van der Waals surface area contributed by atoms with Crippen LogP contribution in [0.3, 0.4) is 0 Å². The van der Waals surface area contributed by atoms with E-state index in [1.54, 1.807) is 0 Å². The van der Waals surface area contributed by atoms with Gasteiger partial charge in [-0.05, 0) is 56.6 Å². The maximum Gasteiger partial charge on any atom is 0.255 e. The van der Waals surface area contributed by atoms with E-state index in [0.717, 1.165) is 62.9 Å². The molecule has 3 unspecified atom stereocenters. The number of hydrogen-bond acceptors (Lipinski definition) is 3. The molecule has 4 atom stereocenters. The van der Waals surface area contributed by atoms with E-state index in [-0.39, 0.29) is 17.5 Å². The number of nitrogens with zero attached hydrogens (tertiary/aromatic N) is 1. The predicted octanol–water partition coefficient (Wildman–Crippen LogP) is 2.60. The molecule has 5 nitrogen and oxygen atoms in total. The first-order valence-electron chi connectivity index (χ1n) is 9.65. The highest BCUT2D eigenvalue weighted by Crippen LogP contribution is 2.52. The van der Waals surface area contributed by atoms with Gasteiger partial charge in [-0.25, -0.2) is 0 Å². The third-order valence-electron chi connectivity index (χ3n) is 6.88. The van der Waals surface area contributed by atoms with Crippen LogP contribution in [0.1, 0.15) is 48.9 Å². The van der Waals surface area contributed by atoms with Crippen LogP contribution in [0.15, 0.2) is 24.3 Å². The molecule has 5 aliphatic rings.